The van der Waals surface area contributed by atoms with Crippen molar-refractivity contribution in [3.8, 4) is 28.0 Å². The zero-order chi connectivity index (χ0) is 28.2. The van der Waals surface area contributed by atoms with Crippen LogP contribution in [0.1, 0.15) is 56.2 Å². The summed E-state index contributed by atoms with van der Waals surface area (Å²) in [6, 6.07) is 14.8. The van der Waals surface area contributed by atoms with Crippen LogP contribution < -0.4 is 4.74 Å². The van der Waals surface area contributed by atoms with Gasteiger partial charge in [-0.05, 0) is 104 Å². The quantitative estimate of drug-likeness (QED) is 0.234. The zero-order valence-corrected chi connectivity index (χ0v) is 23.8. The molecule has 0 aliphatic carbocycles. The topological polar surface area (TPSA) is 74.2 Å². The fraction of sp³-hybridized carbons (Fsp3) is 0.294. The van der Waals surface area contributed by atoms with Gasteiger partial charge < -0.3 is 9.47 Å². The lowest BCUT2D eigenvalue weighted by atomic mass is 9.84. The summed E-state index contributed by atoms with van der Waals surface area (Å²) in [5.74, 6) is 0.814. The Morgan fingerprint density at radius 1 is 1.02 bits per heavy atom. The molecule has 0 unspecified atom stereocenters. The van der Waals surface area contributed by atoms with E-state index in [-0.39, 0.29) is 5.78 Å². The lowest BCUT2D eigenvalue weighted by Crippen LogP contribution is -2.27. The first-order valence-corrected chi connectivity index (χ1v) is 13.7. The minimum Gasteiger partial charge on any atom is -0.493 e. The Labute approximate surface area is 234 Å². The highest BCUT2D eigenvalue weighted by Crippen LogP contribution is 2.45. The summed E-state index contributed by atoms with van der Waals surface area (Å²) in [7, 11) is 0. The third-order valence-electron chi connectivity index (χ3n) is 7.55. The Bertz CT molecular complexity index is 1790. The third-order valence-corrected chi connectivity index (χ3v) is 7.55. The molecule has 0 saturated heterocycles. The van der Waals surface area contributed by atoms with Gasteiger partial charge in [0.15, 0.2) is 5.78 Å². The van der Waals surface area contributed by atoms with Gasteiger partial charge in [0.25, 0.3) is 0 Å². The molecule has 6 heteroatoms. The van der Waals surface area contributed by atoms with E-state index in [4.69, 9.17) is 14.5 Å². The number of aryl methyl sites for hydroxylation is 2. The molecule has 0 radical (unpaired) electrons. The summed E-state index contributed by atoms with van der Waals surface area (Å²) in [4.78, 5) is 26.7. The number of carbonyl (C=O) groups excluding carboxylic acids is 1. The monoisotopic (exact) mass is 531 g/mol. The van der Waals surface area contributed by atoms with Crippen molar-refractivity contribution in [2.75, 3.05) is 6.61 Å². The fourth-order valence-electron chi connectivity index (χ4n) is 5.84. The summed E-state index contributed by atoms with van der Waals surface area (Å²) in [6.07, 6.45) is 5.40. The van der Waals surface area contributed by atoms with Gasteiger partial charge in [-0.2, -0.15) is 0 Å². The van der Waals surface area contributed by atoms with Crippen molar-refractivity contribution in [2.24, 2.45) is 0 Å². The molecule has 1 atom stereocenters. The van der Waals surface area contributed by atoms with Crippen LogP contribution in [-0.2, 0) is 16.0 Å². The average molecular weight is 532 g/mol. The van der Waals surface area contributed by atoms with Gasteiger partial charge in [0.05, 0.1) is 17.7 Å². The van der Waals surface area contributed by atoms with Gasteiger partial charge in [-0.3, -0.25) is 9.78 Å². The van der Waals surface area contributed by atoms with Crippen molar-refractivity contribution < 1.29 is 14.3 Å². The highest BCUT2D eigenvalue weighted by molar-refractivity contribution is 6.09. The second-order valence-corrected chi connectivity index (χ2v) is 11.6. The molecule has 40 heavy (non-hydrogen) atoms. The number of nitrogens with zero attached hydrogens (tertiary/aromatic N) is 3. The molecule has 2 aromatic heterocycles. The summed E-state index contributed by atoms with van der Waals surface area (Å²) < 4.78 is 12.5. The van der Waals surface area contributed by atoms with Gasteiger partial charge in [0.2, 0.25) is 0 Å². The van der Waals surface area contributed by atoms with Crippen molar-refractivity contribution in [1.82, 2.24) is 15.0 Å². The standard InChI is InChI=1S/C34H33N3O3/c1-19-15-24-16-23(27-17-35-18-37-20(27)2)7-8-25(24)31(29(19)33(21(3)38)40-34(4,5)6)26-9-10-28-30-22(12-14-39-28)11-13-36-32(26)30/h7-11,13,15-18,33H,12,14H2,1-6H3/t33-/m1/s1. The van der Waals surface area contributed by atoms with Crippen LogP contribution in [0.2, 0.25) is 0 Å². The van der Waals surface area contributed by atoms with Gasteiger partial charge in [-0.15, -0.1) is 0 Å². The van der Waals surface area contributed by atoms with E-state index in [0.717, 1.165) is 72.9 Å². The first kappa shape index (κ1) is 26.1. The minimum atomic E-state index is -0.731. The molecule has 3 heterocycles. The molecule has 5 aromatic rings. The number of fused-ring (bicyclic) bond motifs is 1. The zero-order valence-electron chi connectivity index (χ0n) is 23.8. The molecule has 0 bridgehead atoms. The van der Waals surface area contributed by atoms with E-state index in [1.807, 2.05) is 46.2 Å². The van der Waals surface area contributed by atoms with Crippen LogP contribution in [0.4, 0.5) is 0 Å². The maximum absolute atomic E-state index is 13.2. The van der Waals surface area contributed by atoms with Crippen LogP contribution in [0, 0.1) is 13.8 Å². The highest BCUT2D eigenvalue weighted by Gasteiger charge is 2.31. The highest BCUT2D eigenvalue weighted by atomic mass is 16.5. The number of rotatable bonds is 5. The van der Waals surface area contributed by atoms with Crippen molar-refractivity contribution in [1.29, 1.82) is 0 Å². The van der Waals surface area contributed by atoms with E-state index in [0.29, 0.717) is 6.61 Å². The van der Waals surface area contributed by atoms with E-state index in [9.17, 15) is 4.79 Å². The lowest BCUT2D eigenvalue weighted by Gasteiger charge is -2.30. The summed E-state index contributed by atoms with van der Waals surface area (Å²) in [6.45, 7) is 12.3. The average Bonchev–Trinajstić information content (AvgIpc) is 2.91. The fourth-order valence-corrected chi connectivity index (χ4v) is 5.84. The molecule has 202 valence electrons. The van der Waals surface area contributed by atoms with Crippen molar-refractivity contribution in [3.63, 3.8) is 0 Å². The van der Waals surface area contributed by atoms with Crippen molar-refractivity contribution >= 4 is 27.5 Å². The lowest BCUT2D eigenvalue weighted by molar-refractivity contribution is -0.138. The Morgan fingerprint density at radius 3 is 2.60 bits per heavy atom. The van der Waals surface area contributed by atoms with Gasteiger partial charge >= 0.3 is 0 Å². The van der Waals surface area contributed by atoms with Crippen LogP contribution in [0.15, 0.2) is 61.2 Å². The summed E-state index contributed by atoms with van der Waals surface area (Å²) in [5, 5.41) is 3.13. The van der Waals surface area contributed by atoms with Crippen LogP contribution in [0.25, 0.3) is 43.9 Å². The molecule has 3 aromatic carbocycles. The largest absolute Gasteiger partial charge is 0.493 e. The number of carbonyl (C=O) groups is 1. The number of Topliss-reactive ketones (excluding diaryl/α,β-unsaturated/α-hetero) is 1. The maximum atomic E-state index is 13.2. The molecule has 1 aliphatic heterocycles. The Morgan fingerprint density at radius 2 is 1.85 bits per heavy atom. The van der Waals surface area contributed by atoms with E-state index >= 15 is 0 Å². The minimum absolute atomic E-state index is 0.0358. The van der Waals surface area contributed by atoms with E-state index in [1.165, 1.54) is 5.56 Å². The van der Waals surface area contributed by atoms with Crippen molar-refractivity contribution in [2.45, 2.75) is 59.7 Å². The van der Waals surface area contributed by atoms with Crippen LogP contribution >= 0.6 is 0 Å². The SMILES string of the molecule is CC(=O)[C@@H](OC(C)(C)C)c1c(C)cc2cc(-c3cncnc3C)ccc2c1-c1ccc2c3c(ccnc13)CCO2. The third kappa shape index (κ3) is 4.52. The van der Waals surface area contributed by atoms with Gasteiger partial charge in [-0.1, -0.05) is 18.2 Å². The molecule has 1 aliphatic rings. The normalized spacial score (nSPS) is 13.8. The molecular formula is C34H33N3O3. The molecular weight excluding hydrogens is 498 g/mol. The smallest absolute Gasteiger partial charge is 0.163 e. The first-order valence-electron chi connectivity index (χ1n) is 13.7. The molecule has 6 rings (SSSR count). The summed E-state index contributed by atoms with van der Waals surface area (Å²) >= 11 is 0. The van der Waals surface area contributed by atoms with Crippen LogP contribution in [0.5, 0.6) is 5.75 Å². The van der Waals surface area contributed by atoms with Gasteiger partial charge in [-0.25, -0.2) is 9.97 Å². The Hall–Kier alpha value is -4.16. The molecule has 0 spiro atoms. The number of aromatic nitrogens is 3. The first-order chi connectivity index (χ1) is 19.1. The molecule has 0 fully saturated rings. The number of benzene rings is 3. The molecule has 0 amide bonds. The number of hydrogen-bond acceptors (Lipinski definition) is 6. The maximum Gasteiger partial charge on any atom is 0.163 e. The van der Waals surface area contributed by atoms with Crippen LogP contribution in [-0.4, -0.2) is 32.9 Å². The van der Waals surface area contributed by atoms with E-state index < -0.39 is 11.7 Å². The molecule has 0 N–H and O–H groups in total. The van der Waals surface area contributed by atoms with Crippen molar-refractivity contribution in [3.05, 3.63) is 83.6 Å². The Balaban J connectivity index is 1.70. The number of hydrogen-bond donors (Lipinski definition) is 0. The predicted molar refractivity (Wildman–Crippen MR) is 159 cm³/mol. The second-order valence-electron chi connectivity index (χ2n) is 11.6. The van der Waals surface area contributed by atoms with E-state index in [1.54, 1.807) is 13.3 Å². The molecule has 6 nitrogen and oxygen atoms in total. The number of ether oxygens (including phenoxy) is 2. The number of ketones is 1. The van der Waals surface area contributed by atoms with E-state index in [2.05, 4.69) is 53.3 Å². The Kier molecular flexibility index (Phi) is 6.38. The number of pyridine rings is 1. The van der Waals surface area contributed by atoms with Gasteiger partial charge in [0, 0.05) is 41.0 Å². The summed E-state index contributed by atoms with van der Waals surface area (Å²) in [5.41, 5.74) is 8.33. The second kappa shape index (κ2) is 9.79. The predicted octanol–water partition coefficient (Wildman–Crippen LogP) is 7.51. The van der Waals surface area contributed by atoms with Crippen LogP contribution in [0.3, 0.4) is 0 Å². The molecule has 0 saturated carbocycles. The van der Waals surface area contributed by atoms with Gasteiger partial charge in [0.1, 0.15) is 18.2 Å².